The fraction of sp³-hybridized carbons (Fsp3) is 0.812. The van der Waals surface area contributed by atoms with E-state index in [9.17, 15) is 4.79 Å². The number of esters is 1. The van der Waals surface area contributed by atoms with Crippen molar-refractivity contribution < 1.29 is 18.8 Å². The second kappa shape index (κ2) is 6.13. The predicted molar refractivity (Wildman–Crippen MR) is 82.8 cm³/mol. The Morgan fingerprint density at radius 1 is 1.33 bits per heavy atom. The molecule has 21 heavy (non-hydrogen) atoms. The van der Waals surface area contributed by atoms with Crippen LogP contribution in [0.2, 0.25) is 0 Å². The Bertz CT molecular complexity index is 412. The number of rotatable bonds is 4. The SMILES string of the molecule is CCOC(=O)CC1CC=C(B2OC(C)(C)C(C)(C)O2)CC1. The van der Waals surface area contributed by atoms with Gasteiger partial charge in [0.15, 0.2) is 0 Å². The van der Waals surface area contributed by atoms with E-state index in [1.807, 2.05) is 6.92 Å². The summed E-state index contributed by atoms with van der Waals surface area (Å²) >= 11 is 0. The molecule has 1 unspecified atom stereocenters. The van der Waals surface area contributed by atoms with Gasteiger partial charge in [-0.25, -0.2) is 0 Å². The Morgan fingerprint density at radius 3 is 2.43 bits per heavy atom. The summed E-state index contributed by atoms with van der Waals surface area (Å²) < 4.78 is 17.2. The highest BCUT2D eigenvalue weighted by Crippen LogP contribution is 2.40. The molecule has 4 nitrogen and oxygen atoms in total. The van der Waals surface area contributed by atoms with Crippen LogP contribution >= 0.6 is 0 Å². The lowest BCUT2D eigenvalue weighted by molar-refractivity contribution is -0.144. The van der Waals surface area contributed by atoms with Crippen molar-refractivity contribution in [3.05, 3.63) is 11.5 Å². The maximum absolute atomic E-state index is 11.5. The second-order valence-electron chi connectivity index (χ2n) is 7.02. The highest BCUT2D eigenvalue weighted by atomic mass is 16.7. The van der Waals surface area contributed by atoms with E-state index in [2.05, 4.69) is 33.8 Å². The van der Waals surface area contributed by atoms with Gasteiger partial charge in [0, 0.05) is 6.42 Å². The molecule has 0 spiro atoms. The Hall–Kier alpha value is -0.805. The van der Waals surface area contributed by atoms with Gasteiger partial charge >= 0.3 is 13.1 Å². The molecule has 0 N–H and O–H groups in total. The van der Waals surface area contributed by atoms with Gasteiger partial charge in [-0.2, -0.15) is 0 Å². The zero-order valence-corrected chi connectivity index (χ0v) is 13.9. The average Bonchev–Trinajstić information content (AvgIpc) is 2.59. The van der Waals surface area contributed by atoms with Crippen LogP contribution in [0.25, 0.3) is 0 Å². The molecule has 2 aliphatic rings. The zero-order valence-electron chi connectivity index (χ0n) is 13.9. The first kappa shape index (κ1) is 16.6. The molecule has 1 aliphatic carbocycles. The first-order valence-electron chi connectivity index (χ1n) is 7.95. The lowest BCUT2D eigenvalue weighted by Crippen LogP contribution is -2.41. The summed E-state index contributed by atoms with van der Waals surface area (Å²) in [5.74, 6) is 0.296. The van der Waals surface area contributed by atoms with Crippen LogP contribution in [-0.2, 0) is 18.8 Å². The summed E-state index contributed by atoms with van der Waals surface area (Å²) in [4.78, 5) is 11.5. The van der Waals surface area contributed by atoms with Crippen LogP contribution in [0, 0.1) is 5.92 Å². The van der Waals surface area contributed by atoms with Crippen molar-refractivity contribution in [2.24, 2.45) is 5.92 Å². The summed E-state index contributed by atoms with van der Waals surface area (Å²) in [6.07, 6.45) is 5.53. The summed E-state index contributed by atoms with van der Waals surface area (Å²) in [5, 5.41) is 0. The molecule has 2 rings (SSSR count). The maximum atomic E-state index is 11.5. The molecule has 0 aromatic carbocycles. The van der Waals surface area contributed by atoms with Gasteiger partial charge in [-0.1, -0.05) is 6.08 Å². The minimum atomic E-state index is -0.291. The van der Waals surface area contributed by atoms with E-state index in [0.29, 0.717) is 18.9 Å². The van der Waals surface area contributed by atoms with E-state index in [4.69, 9.17) is 14.0 Å². The summed E-state index contributed by atoms with van der Waals surface area (Å²) in [6.45, 7) is 10.6. The minimum Gasteiger partial charge on any atom is -0.466 e. The molecule has 0 saturated carbocycles. The van der Waals surface area contributed by atoms with Crippen LogP contribution in [0.5, 0.6) is 0 Å². The zero-order chi connectivity index (χ0) is 15.7. The standard InChI is InChI=1S/C16H27BO4/c1-6-19-14(18)11-12-7-9-13(10-8-12)17-20-15(2,3)16(4,5)21-17/h9,12H,6-8,10-11H2,1-5H3. The van der Waals surface area contributed by atoms with Crippen LogP contribution in [0.1, 0.15) is 60.3 Å². The second-order valence-corrected chi connectivity index (χ2v) is 7.02. The van der Waals surface area contributed by atoms with Crippen molar-refractivity contribution in [1.82, 2.24) is 0 Å². The van der Waals surface area contributed by atoms with Crippen molar-refractivity contribution in [1.29, 1.82) is 0 Å². The molecule has 1 fully saturated rings. The van der Waals surface area contributed by atoms with E-state index in [-0.39, 0.29) is 24.3 Å². The molecule has 0 aromatic rings. The molecule has 0 bridgehead atoms. The molecule has 1 heterocycles. The molecule has 118 valence electrons. The highest BCUT2D eigenvalue weighted by Gasteiger charge is 2.52. The van der Waals surface area contributed by atoms with Crippen LogP contribution in [0.15, 0.2) is 11.5 Å². The Morgan fingerprint density at radius 2 is 1.95 bits per heavy atom. The third kappa shape index (κ3) is 3.69. The van der Waals surface area contributed by atoms with Gasteiger partial charge in [-0.15, -0.1) is 0 Å². The first-order valence-corrected chi connectivity index (χ1v) is 7.95. The van der Waals surface area contributed by atoms with Crippen molar-refractivity contribution >= 4 is 13.1 Å². The number of carbonyl (C=O) groups is 1. The van der Waals surface area contributed by atoms with E-state index < -0.39 is 0 Å². The Balaban J connectivity index is 1.91. The molecular formula is C16H27BO4. The fourth-order valence-corrected chi connectivity index (χ4v) is 2.76. The molecular weight excluding hydrogens is 267 g/mol. The monoisotopic (exact) mass is 294 g/mol. The lowest BCUT2D eigenvalue weighted by Gasteiger charge is -2.32. The van der Waals surface area contributed by atoms with Crippen LogP contribution in [0.3, 0.4) is 0 Å². The van der Waals surface area contributed by atoms with E-state index in [0.717, 1.165) is 19.3 Å². The van der Waals surface area contributed by atoms with Crippen LogP contribution in [-0.4, -0.2) is 30.9 Å². The van der Waals surface area contributed by atoms with Gasteiger partial charge in [0.05, 0.1) is 17.8 Å². The first-order chi connectivity index (χ1) is 9.75. The van der Waals surface area contributed by atoms with E-state index in [1.165, 1.54) is 5.47 Å². The summed E-state index contributed by atoms with van der Waals surface area (Å²) in [6, 6.07) is 0. The molecule has 1 atom stereocenters. The third-order valence-corrected chi connectivity index (χ3v) is 4.87. The quantitative estimate of drug-likeness (QED) is 0.589. The molecule has 1 saturated heterocycles. The van der Waals surface area contributed by atoms with Gasteiger partial charge in [-0.05, 0) is 65.3 Å². The van der Waals surface area contributed by atoms with Gasteiger partial charge in [-0.3, -0.25) is 4.79 Å². The number of allylic oxidation sites excluding steroid dienone is 2. The average molecular weight is 294 g/mol. The van der Waals surface area contributed by atoms with E-state index in [1.54, 1.807) is 0 Å². The van der Waals surface area contributed by atoms with Gasteiger partial charge in [0.1, 0.15) is 0 Å². The van der Waals surface area contributed by atoms with E-state index >= 15 is 0 Å². The largest absolute Gasteiger partial charge is 0.490 e. The predicted octanol–water partition coefficient (Wildman–Crippen LogP) is 3.30. The number of carbonyl (C=O) groups excluding carboxylic acids is 1. The van der Waals surface area contributed by atoms with Crippen molar-refractivity contribution in [3.63, 3.8) is 0 Å². The minimum absolute atomic E-state index is 0.0880. The summed E-state index contributed by atoms with van der Waals surface area (Å²) in [7, 11) is -0.237. The van der Waals surface area contributed by atoms with Gasteiger partial charge in [0.2, 0.25) is 0 Å². The van der Waals surface area contributed by atoms with Crippen LogP contribution in [0.4, 0.5) is 0 Å². The lowest BCUT2D eigenvalue weighted by atomic mass is 9.70. The molecule has 0 radical (unpaired) electrons. The Labute approximate surface area is 128 Å². The normalized spacial score (nSPS) is 27.4. The third-order valence-electron chi connectivity index (χ3n) is 4.87. The molecule has 1 aliphatic heterocycles. The molecule has 5 heteroatoms. The highest BCUT2D eigenvalue weighted by molar-refractivity contribution is 6.54. The van der Waals surface area contributed by atoms with Gasteiger partial charge in [0.25, 0.3) is 0 Å². The van der Waals surface area contributed by atoms with Crippen molar-refractivity contribution in [2.45, 2.75) is 71.5 Å². The van der Waals surface area contributed by atoms with Crippen molar-refractivity contribution in [3.8, 4) is 0 Å². The number of hydrogen-bond acceptors (Lipinski definition) is 4. The Kier molecular flexibility index (Phi) is 4.84. The number of hydrogen-bond donors (Lipinski definition) is 0. The smallest absolute Gasteiger partial charge is 0.466 e. The fourth-order valence-electron chi connectivity index (χ4n) is 2.76. The van der Waals surface area contributed by atoms with Crippen LogP contribution < -0.4 is 0 Å². The summed E-state index contributed by atoms with van der Waals surface area (Å²) in [5.41, 5.74) is 0.634. The van der Waals surface area contributed by atoms with Gasteiger partial charge < -0.3 is 14.0 Å². The maximum Gasteiger partial charge on any atom is 0.490 e. The topological polar surface area (TPSA) is 44.8 Å². The number of ether oxygens (including phenoxy) is 1. The molecule has 0 aromatic heterocycles. The van der Waals surface area contributed by atoms with Crippen molar-refractivity contribution in [2.75, 3.05) is 6.61 Å². The molecule has 0 amide bonds.